The van der Waals surface area contributed by atoms with Crippen molar-refractivity contribution < 1.29 is 0 Å². The molecule has 0 bridgehead atoms. The fraction of sp³-hybridized carbons (Fsp3) is 0.333. The molecule has 1 heteroatoms. The molecule has 0 heterocycles. The number of hydrogen-bond donors (Lipinski definition) is 1. The molecule has 19 heavy (non-hydrogen) atoms. The summed E-state index contributed by atoms with van der Waals surface area (Å²) >= 11 is 0. The maximum absolute atomic E-state index is 3.56. The highest BCUT2D eigenvalue weighted by Gasteiger charge is 2.03. The third-order valence-corrected chi connectivity index (χ3v) is 3.58. The summed E-state index contributed by atoms with van der Waals surface area (Å²) < 4.78 is 0. The summed E-state index contributed by atoms with van der Waals surface area (Å²) in [7, 11) is 0. The molecular weight excluding hydrogens is 230 g/mol. The normalized spacial score (nSPS) is 10.5. The lowest BCUT2D eigenvalue weighted by molar-refractivity contribution is 1.10. The first kappa shape index (κ1) is 13.7. The van der Waals surface area contributed by atoms with E-state index in [2.05, 4.69) is 69.4 Å². The van der Waals surface area contributed by atoms with Gasteiger partial charge in [0.2, 0.25) is 0 Å². The molecule has 0 fully saturated rings. The van der Waals surface area contributed by atoms with Crippen LogP contribution in [0.15, 0.2) is 36.4 Å². The predicted octanol–water partition coefficient (Wildman–Crippen LogP) is 4.79. The molecule has 1 N–H and O–H groups in total. The van der Waals surface area contributed by atoms with Crippen molar-refractivity contribution in [3.05, 3.63) is 64.2 Å². The smallest absolute Gasteiger partial charge is 0.0402 e. The Kier molecular flexibility index (Phi) is 4.26. The van der Waals surface area contributed by atoms with Crippen LogP contribution in [-0.2, 0) is 13.0 Å². The molecule has 0 spiro atoms. The van der Waals surface area contributed by atoms with E-state index < -0.39 is 0 Å². The van der Waals surface area contributed by atoms with Crippen LogP contribution in [0.4, 0.5) is 5.69 Å². The monoisotopic (exact) mass is 253 g/mol. The van der Waals surface area contributed by atoms with Gasteiger partial charge in [0.1, 0.15) is 0 Å². The number of benzene rings is 2. The molecule has 1 nitrogen and oxygen atoms in total. The van der Waals surface area contributed by atoms with Gasteiger partial charge in [0.05, 0.1) is 0 Å². The number of hydrogen-bond acceptors (Lipinski definition) is 1. The van der Waals surface area contributed by atoms with Gasteiger partial charge in [-0.25, -0.2) is 0 Å². The van der Waals surface area contributed by atoms with E-state index in [1.807, 2.05) is 0 Å². The number of nitrogens with one attached hydrogen (secondary N) is 1. The largest absolute Gasteiger partial charge is 0.381 e. The minimum absolute atomic E-state index is 0.884. The van der Waals surface area contributed by atoms with E-state index in [0.29, 0.717) is 0 Å². The van der Waals surface area contributed by atoms with Crippen molar-refractivity contribution in [2.24, 2.45) is 0 Å². The molecule has 0 saturated carbocycles. The van der Waals surface area contributed by atoms with Crippen LogP contribution in [-0.4, -0.2) is 0 Å². The summed E-state index contributed by atoms with van der Waals surface area (Å²) in [5.41, 5.74) is 7.96. The molecule has 0 aliphatic rings. The molecule has 100 valence electrons. The molecule has 0 amide bonds. The van der Waals surface area contributed by atoms with Crippen LogP contribution < -0.4 is 5.32 Å². The first-order chi connectivity index (χ1) is 9.10. The first-order valence-corrected chi connectivity index (χ1v) is 6.99. The van der Waals surface area contributed by atoms with Crippen molar-refractivity contribution >= 4 is 5.69 Å². The van der Waals surface area contributed by atoms with E-state index >= 15 is 0 Å². The average Bonchev–Trinajstić information content (AvgIpc) is 2.38. The van der Waals surface area contributed by atoms with Crippen molar-refractivity contribution in [1.82, 2.24) is 0 Å². The van der Waals surface area contributed by atoms with Gasteiger partial charge in [-0.2, -0.15) is 0 Å². The Bertz CT molecular complexity index is 529. The summed E-state index contributed by atoms with van der Waals surface area (Å²) in [6, 6.07) is 13.3. The Hall–Kier alpha value is -1.76. The van der Waals surface area contributed by atoms with Gasteiger partial charge in [0.15, 0.2) is 0 Å². The zero-order valence-corrected chi connectivity index (χ0v) is 12.4. The Balaban J connectivity index is 2.10. The summed E-state index contributed by atoms with van der Waals surface area (Å²) in [5.74, 6) is 0. The summed E-state index contributed by atoms with van der Waals surface area (Å²) in [6.07, 6.45) is 1.10. The standard InChI is InChI=1S/C18H23N/c1-5-16-6-8-17(9-7-16)12-19-18-14(3)10-13(2)11-15(18)4/h6-11,19H,5,12H2,1-4H3. The lowest BCUT2D eigenvalue weighted by Gasteiger charge is -2.14. The highest BCUT2D eigenvalue weighted by molar-refractivity contribution is 5.58. The maximum atomic E-state index is 3.56. The third kappa shape index (κ3) is 3.37. The third-order valence-electron chi connectivity index (χ3n) is 3.58. The van der Waals surface area contributed by atoms with E-state index in [-0.39, 0.29) is 0 Å². The minimum atomic E-state index is 0.884. The molecule has 0 saturated heterocycles. The molecule has 0 aromatic heterocycles. The van der Waals surface area contributed by atoms with Crippen LogP contribution in [0.5, 0.6) is 0 Å². The van der Waals surface area contributed by atoms with E-state index in [9.17, 15) is 0 Å². The highest BCUT2D eigenvalue weighted by atomic mass is 14.9. The number of aryl methyl sites for hydroxylation is 4. The van der Waals surface area contributed by atoms with Gasteiger partial charge in [-0.15, -0.1) is 0 Å². The van der Waals surface area contributed by atoms with Crippen molar-refractivity contribution in [1.29, 1.82) is 0 Å². The lowest BCUT2D eigenvalue weighted by atomic mass is 10.0. The molecule has 0 unspecified atom stereocenters. The average molecular weight is 253 g/mol. The van der Waals surface area contributed by atoms with Crippen LogP contribution in [0.2, 0.25) is 0 Å². The molecule has 2 rings (SSSR count). The second-order valence-corrected chi connectivity index (χ2v) is 5.30. The molecule has 0 atom stereocenters. The molecule has 2 aromatic carbocycles. The van der Waals surface area contributed by atoms with Gasteiger partial charge < -0.3 is 5.32 Å². The van der Waals surface area contributed by atoms with Gasteiger partial charge in [0, 0.05) is 12.2 Å². The topological polar surface area (TPSA) is 12.0 Å². The fourth-order valence-corrected chi connectivity index (χ4v) is 2.54. The van der Waals surface area contributed by atoms with E-state index in [0.717, 1.165) is 13.0 Å². The molecule has 2 aromatic rings. The quantitative estimate of drug-likeness (QED) is 0.826. The zero-order chi connectivity index (χ0) is 13.8. The van der Waals surface area contributed by atoms with Crippen molar-refractivity contribution in [3.63, 3.8) is 0 Å². The summed E-state index contributed by atoms with van der Waals surface area (Å²) in [4.78, 5) is 0. The first-order valence-electron chi connectivity index (χ1n) is 6.99. The highest BCUT2D eigenvalue weighted by Crippen LogP contribution is 2.22. The van der Waals surface area contributed by atoms with Crippen molar-refractivity contribution in [2.45, 2.75) is 40.7 Å². The summed E-state index contributed by atoms with van der Waals surface area (Å²) in [6.45, 7) is 9.55. The fourth-order valence-electron chi connectivity index (χ4n) is 2.54. The van der Waals surface area contributed by atoms with Crippen LogP contribution >= 0.6 is 0 Å². The molecule has 0 aliphatic heterocycles. The SMILES string of the molecule is CCc1ccc(CNc2c(C)cc(C)cc2C)cc1. The molecular formula is C18H23N. The Morgan fingerprint density at radius 3 is 1.89 bits per heavy atom. The Morgan fingerprint density at radius 2 is 1.37 bits per heavy atom. The second kappa shape index (κ2) is 5.92. The van der Waals surface area contributed by atoms with Gasteiger partial charge in [-0.1, -0.05) is 48.9 Å². The predicted molar refractivity (Wildman–Crippen MR) is 83.8 cm³/mol. The van der Waals surface area contributed by atoms with Crippen LogP contribution in [0.25, 0.3) is 0 Å². The number of anilines is 1. The van der Waals surface area contributed by atoms with Gasteiger partial charge in [0.25, 0.3) is 0 Å². The number of rotatable bonds is 4. The lowest BCUT2D eigenvalue weighted by Crippen LogP contribution is -2.03. The van der Waals surface area contributed by atoms with Crippen LogP contribution in [0.1, 0.15) is 34.7 Å². The Labute approximate surface area is 116 Å². The van der Waals surface area contributed by atoms with Crippen molar-refractivity contribution in [3.8, 4) is 0 Å². The zero-order valence-electron chi connectivity index (χ0n) is 12.4. The van der Waals surface area contributed by atoms with E-state index in [1.165, 1.54) is 33.5 Å². The maximum Gasteiger partial charge on any atom is 0.0402 e. The molecule has 0 radical (unpaired) electrons. The van der Waals surface area contributed by atoms with Gasteiger partial charge in [-0.3, -0.25) is 0 Å². The second-order valence-electron chi connectivity index (χ2n) is 5.30. The van der Waals surface area contributed by atoms with E-state index in [1.54, 1.807) is 0 Å². The van der Waals surface area contributed by atoms with Gasteiger partial charge in [-0.05, 0) is 49.4 Å². The summed E-state index contributed by atoms with van der Waals surface area (Å²) in [5, 5.41) is 3.56. The van der Waals surface area contributed by atoms with E-state index in [4.69, 9.17) is 0 Å². The van der Waals surface area contributed by atoms with Crippen LogP contribution in [0, 0.1) is 20.8 Å². The van der Waals surface area contributed by atoms with Gasteiger partial charge >= 0.3 is 0 Å². The van der Waals surface area contributed by atoms with Crippen LogP contribution in [0.3, 0.4) is 0 Å². The Morgan fingerprint density at radius 1 is 0.842 bits per heavy atom. The molecule has 0 aliphatic carbocycles. The van der Waals surface area contributed by atoms with Crippen molar-refractivity contribution in [2.75, 3.05) is 5.32 Å². The minimum Gasteiger partial charge on any atom is -0.381 e.